The second kappa shape index (κ2) is 18.8. The molecule has 1 unspecified atom stereocenters. The molecule has 7 N–H and O–H groups in total. The molecule has 17 heavy (non-hydrogen) atoms. The second-order valence-corrected chi connectivity index (χ2v) is 2.47. The molecule has 0 heterocycles. The van der Waals surface area contributed by atoms with Crippen LogP contribution >= 0.6 is 0 Å². The molecule has 0 saturated carbocycles. The van der Waals surface area contributed by atoms with Gasteiger partial charge in [-0.3, -0.25) is 4.79 Å². The maximum atomic E-state index is 10.2. The van der Waals surface area contributed by atoms with Crippen LogP contribution in [0.3, 0.4) is 0 Å². The van der Waals surface area contributed by atoms with Gasteiger partial charge in [0, 0.05) is 6.42 Å². The van der Waals surface area contributed by atoms with Crippen LogP contribution in [0.15, 0.2) is 5.16 Å². The first kappa shape index (κ1) is 26.1. The van der Waals surface area contributed by atoms with E-state index in [0.29, 0.717) is 0 Å². The van der Waals surface area contributed by atoms with Crippen molar-refractivity contribution in [2.24, 2.45) is 22.4 Å². The Hall–Kier alpha value is 0.416. The minimum atomic E-state index is -1.81. The molecule has 0 aromatic rings. The molecular formula is C5H13AsLiN4NaO5. The monoisotopic (exact) mass is 314 g/mol. The van der Waals surface area contributed by atoms with Gasteiger partial charge in [-0.05, 0) is 5.16 Å². The Labute approximate surface area is 141 Å². The third-order valence-corrected chi connectivity index (χ3v) is 1.01. The van der Waals surface area contributed by atoms with E-state index >= 15 is 0 Å². The van der Waals surface area contributed by atoms with Gasteiger partial charge >= 0.3 is 78.3 Å². The maximum absolute atomic E-state index is 10.2. The van der Waals surface area contributed by atoms with E-state index in [2.05, 4.69) is 9.99 Å². The summed E-state index contributed by atoms with van der Waals surface area (Å²) in [5.74, 6) is -1.29. The van der Waals surface area contributed by atoms with Crippen LogP contribution in [0.25, 0.3) is 0 Å². The van der Waals surface area contributed by atoms with Gasteiger partial charge in [0.15, 0.2) is 0 Å². The maximum Gasteiger partial charge on any atom is 1.00 e. The normalized spacial score (nSPS) is 9.53. The molecule has 0 fully saturated rings. The Morgan fingerprint density at radius 1 is 1.59 bits per heavy atom. The van der Waals surface area contributed by atoms with Gasteiger partial charge in [-0.2, -0.15) is 0 Å². The largest absolute Gasteiger partial charge is 1.00 e. The molecule has 0 aliphatic rings. The molecular weight excluding hydrogens is 301 g/mol. The van der Waals surface area contributed by atoms with E-state index in [0.717, 1.165) is 0 Å². The van der Waals surface area contributed by atoms with Crippen LogP contribution in [0.5, 0.6) is 0 Å². The SMILES string of the molecule is NC(N)=NOCCC(N)C(=O)O.O=[As][O-].[H-].[Li+].[Na+]. The molecule has 0 aliphatic heterocycles. The van der Waals surface area contributed by atoms with E-state index in [-0.39, 0.29) is 68.8 Å². The van der Waals surface area contributed by atoms with Gasteiger partial charge < -0.3 is 28.6 Å². The number of rotatable bonds is 5. The number of nitrogens with zero attached hydrogens (tertiary/aromatic N) is 1. The fourth-order valence-corrected chi connectivity index (χ4v) is 0.423. The summed E-state index contributed by atoms with van der Waals surface area (Å²) in [4.78, 5) is 14.7. The Bertz CT molecular complexity index is 236. The van der Waals surface area contributed by atoms with E-state index in [1.165, 1.54) is 0 Å². The molecule has 1 atom stereocenters. The zero-order valence-corrected chi connectivity index (χ0v) is 13.6. The standard InChI is InChI=1S/C5H12N4O3.AsHO2.Li.Na.H/c6-3(4(10)11)1-2-12-9-5(7)8;2-1-3;;;/h3H,1-2,6H2,(H,10,11)(H4,7,8,9);(H,2,3);;;/q;;2*+1;-1/p-1. The molecule has 0 saturated heterocycles. The van der Waals surface area contributed by atoms with Crippen molar-refractivity contribution in [3.8, 4) is 0 Å². The predicted molar refractivity (Wildman–Crippen MR) is 49.5 cm³/mol. The fourth-order valence-electron chi connectivity index (χ4n) is 0.423. The summed E-state index contributed by atoms with van der Waals surface area (Å²) in [5.41, 5.74) is 15.0. The van der Waals surface area contributed by atoms with Gasteiger partial charge in [0.2, 0.25) is 5.96 Å². The zero-order chi connectivity index (χ0) is 12.3. The Morgan fingerprint density at radius 3 is 2.29 bits per heavy atom. The van der Waals surface area contributed by atoms with E-state index in [1.807, 2.05) is 0 Å². The van der Waals surface area contributed by atoms with Gasteiger partial charge in [0.05, 0.1) is 0 Å². The van der Waals surface area contributed by atoms with Crippen LogP contribution in [-0.4, -0.2) is 45.7 Å². The number of aliphatic carboxylic acids is 1. The number of oxime groups is 1. The average Bonchev–Trinajstić information content (AvgIpc) is 2.12. The summed E-state index contributed by atoms with van der Waals surface area (Å²) in [5, 5.41) is 11.5. The van der Waals surface area contributed by atoms with E-state index < -0.39 is 28.0 Å². The van der Waals surface area contributed by atoms with Crippen molar-refractivity contribution >= 4 is 28.0 Å². The van der Waals surface area contributed by atoms with Gasteiger partial charge in [0.1, 0.15) is 12.6 Å². The Kier molecular flexibility index (Phi) is 28.8. The molecule has 9 nitrogen and oxygen atoms in total. The molecule has 0 aromatic carbocycles. The van der Waals surface area contributed by atoms with Crippen LogP contribution in [-0.2, 0) is 13.4 Å². The van der Waals surface area contributed by atoms with Crippen molar-refractivity contribution in [1.29, 1.82) is 0 Å². The van der Waals surface area contributed by atoms with E-state index in [1.54, 1.807) is 0 Å². The average molecular weight is 314 g/mol. The van der Waals surface area contributed by atoms with Crippen molar-refractivity contribution in [1.82, 2.24) is 0 Å². The molecule has 0 aromatic heterocycles. The zero-order valence-electron chi connectivity index (χ0n) is 10.7. The van der Waals surface area contributed by atoms with E-state index in [4.69, 9.17) is 30.1 Å². The molecule has 0 aliphatic carbocycles. The Balaban J connectivity index is -0.0000000852. The summed E-state index contributed by atoms with van der Waals surface area (Å²) in [7, 11) is 0. The number of hydrogen-bond donors (Lipinski definition) is 4. The molecule has 0 radical (unpaired) electrons. The first-order valence-corrected chi connectivity index (χ1v) is 5.13. The molecule has 0 spiro atoms. The number of carbonyl (C=O) groups is 1. The molecule has 0 rings (SSSR count). The molecule has 12 heteroatoms. The van der Waals surface area contributed by atoms with Gasteiger partial charge in [-0.15, -0.1) is 0 Å². The van der Waals surface area contributed by atoms with Crippen molar-refractivity contribution in [2.45, 2.75) is 12.5 Å². The summed E-state index contributed by atoms with van der Waals surface area (Å²) >= 11 is -1.81. The van der Waals surface area contributed by atoms with Crippen LogP contribution in [0, 0.1) is 0 Å². The van der Waals surface area contributed by atoms with Crippen molar-refractivity contribution in [3.05, 3.63) is 0 Å². The van der Waals surface area contributed by atoms with Gasteiger partial charge in [-0.25, -0.2) is 0 Å². The Morgan fingerprint density at radius 2 is 2.00 bits per heavy atom. The van der Waals surface area contributed by atoms with Crippen molar-refractivity contribution in [3.63, 3.8) is 0 Å². The van der Waals surface area contributed by atoms with Crippen LogP contribution in [0.4, 0.5) is 0 Å². The van der Waals surface area contributed by atoms with E-state index in [9.17, 15) is 4.79 Å². The van der Waals surface area contributed by atoms with Crippen molar-refractivity contribution in [2.75, 3.05) is 6.61 Å². The van der Waals surface area contributed by atoms with Gasteiger partial charge in [-0.1, -0.05) is 0 Å². The van der Waals surface area contributed by atoms with Crippen LogP contribution in [0.1, 0.15) is 7.85 Å². The third kappa shape index (κ3) is 26.2. The number of hydrogen-bond acceptors (Lipinski definition) is 6. The summed E-state index contributed by atoms with van der Waals surface area (Å²) < 4.78 is 16.9. The smallest absolute Gasteiger partial charge is 1.00 e. The minimum Gasteiger partial charge on any atom is -1.00 e. The predicted octanol–water partition coefficient (Wildman–Crippen LogP) is -9.57. The fraction of sp³-hybridized carbons (Fsp3) is 0.600. The first-order valence-electron chi connectivity index (χ1n) is 3.60. The topological polar surface area (TPSA) is 177 Å². The summed E-state index contributed by atoms with van der Waals surface area (Å²) in [6.07, 6.45) is 0.159. The molecule has 0 bridgehead atoms. The number of carboxylic acids is 1. The van der Waals surface area contributed by atoms with Gasteiger partial charge in [0.25, 0.3) is 0 Å². The van der Waals surface area contributed by atoms with Crippen LogP contribution in [0.2, 0.25) is 0 Å². The number of guanidine groups is 1. The van der Waals surface area contributed by atoms with Crippen molar-refractivity contribution < 1.29 is 72.4 Å². The van der Waals surface area contributed by atoms with Crippen LogP contribution < -0.4 is 69.7 Å². The quantitative estimate of drug-likeness (QED) is 0.127. The third-order valence-electron chi connectivity index (χ3n) is 1.01. The molecule has 0 amide bonds. The number of nitrogens with two attached hydrogens (primary N) is 3. The first-order chi connectivity index (χ1) is 6.95. The summed E-state index contributed by atoms with van der Waals surface area (Å²) in [6.45, 7) is 0.0748. The number of carboxylic acid groups (broad SMARTS) is 1. The second-order valence-electron chi connectivity index (χ2n) is 2.16. The minimum absolute atomic E-state index is 0. The molecule has 90 valence electrons. The summed E-state index contributed by atoms with van der Waals surface area (Å²) in [6, 6.07) is -0.945.